The second-order valence-electron chi connectivity index (χ2n) is 4.21. The molecule has 1 aromatic heterocycles. The summed E-state index contributed by atoms with van der Waals surface area (Å²) >= 11 is 0. The lowest BCUT2D eigenvalue weighted by atomic mass is 10.1. The summed E-state index contributed by atoms with van der Waals surface area (Å²) in [5.74, 6) is 0.478. The normalized spacial score (nSPS) is 21.4. The van der Waals surface area contributed by atoms with E-state index in [2.05, 4.69) is 9.97 Å². The van der Waals surface area contributed by atoms with E-state index < -0.39 is 6.10 Å². The van der Waals surface area contributed by atoms with Crippen LogP contribution in [0, 0.1) is 0 Å². The quantitative estimate of drug-likeness (QED) is 0.841. The Morgan fingerprint density at radius 3 is 3.18 bits per heavy atom. The maximum Gasteiger partial charge on any atom is 0.216 e. The van der Waals surface area contributed by atoms with Crippen molar-refractivity contribution in [1.29, 1.82) is 0 Å². The molecule has 1 N–H and O–H groups in total. The van der Waals surface area contributed by atoms with Gasteiger partial charge in [-0.2, -0.15) is 0 Å². The van der Waals surface area contributed by atoms with Gasteiger partial charge in [-0.05, 0) is 25.7 Å². The minimum Gasteiger partial charge on any atom is -0.481 e. The van der Waals surface area contributed by atoms with Crippen LogP contribution in [0.3, 0.4) is 0 Å². The van der Waals surface area contributed by atoms with E-state index in [4.69, 9.17) is 9.47 Å². The first-order valence-electron chi connectivity index (χ1n) is 5.95. The predicted octanol–water partition coefficient (Wildman–Crippen LogP) is 1.48. The zero-order chi connectivity index (χ0) is 12.1. The van der Waals surface area contributed by atoms with Crippen molar-refractivity contribution in [1.82, 2.24) is 9.97 Å². The lowest BCUT2D eigenvalue weighted by Crippen LogP contribution is -2.09. The van der Waals surface area contributed by atoms with Crippen molar-refractivity contribution in [3.8, 4) is 5.88 Å². The van der Waals surface area contributed by atoms with Gasteiger partial charge < -0.3 is 14.6 Å². The summed E-state index contributed by atoms with van der Waals surface area (Å²) in [7, 11) is 1.55. The first kappa shape index (κ1) is 12.3. The van der Waals surface area contributed by atoms with E-state index in [1.54, 1.807) is 13.2 Å². The average molecular weight is 238 g/mol. The summed E-state index contributed by atoms with van der Waals surface area (Å²) in [6, 6.07) is 1.67. The molecule has 1 aliphatic heterocycles. The molecule has 0 saturated carbocycles. The second kappa shape index (κ2) is 5.93. The van der Waals surface area contributed by atoms with Crippen molar-refractivity contribution < 1.29 is 14.6 Å². The summed E-state index contributed by atoms with van der Waals surface area (Å²) in [6.07, 6.45) is 4.88. The fraction of sp³-hybridized carbons (Fsp3) is 0.667. The van der Waals surface area contributed by atoms with Crippen LogP contribution in [0.5, 0.6) is 5.88 Å². The lowest BCUT2D eigenvalue weighted by molar-refractivity contribution is 0.0801. The van der Waals surface area contributed by atoms with Crippen LogP contribution in [0.1, 0.15) is 37.5 Å². The lowest BCUT2D eigenvalue weighted by Gasteiger charge is -2.13. The van der Waals surface area contributed by atoms with Crippen LogP contribution in [0.25, 0.3) is 0 Å². The molecule has 1 fully saturated rings. The Kier molecular flexibility index (Phi) is 4.28. The highest BCUT2D eigenvalue weighted by Crippen LogP contribution is 2.23. The molecule has 1 aliphatic rings. The number of ether oxygens (including phenoxy) is 2. The molecule has 17 heavy (non-hydrogen) atoms. The van der Waals surface area contributed by atoms with Gasteiger partial charge in [0.05, 0.1) is 25.0 Å². The first-order chi connectivity index (χ1) is 8.29. The molecule has 0 aromatic carbocycles. The maximum atomic E-state index is 10.00. The van der Waals surface area contributed by atoms with Gasteiger partial charge in [0.2, 0.25) is 5.88 Å². The highest BCUT2D eigenvalue weighted by Gasteiger charge is 2.18. The summed E-state index contributed by atoms with van der Waals surface area (Å²) < 4.78 is 10.5. The molecule has 2 rings (SSSR count). The van der Waals surface area contributed by atoms with Crippen molar-refractivity contribution in [3.63, 3.8) is 0 Å². The van der Waals surface area contributed by atoms with Crippen LogP contribution >= 0.6 is 0 Å². The number of nitrogens with zero attached hydrogens (tertiary/aromatic N) is 2. The van der Waals surface area contributed by atoms with Gasteiger partial charge in [0.15, 0.2) is 0 Å². The van der Waals surface area contributed by atoms with E-state index in [0.29, 0.717) is 24.1 Å². The molecular formula is C12H18N2O3. The first-order valence-corrected chi connectivity index (χ1v) is 5.95. The number of rotatable bonds is 5. The van der Waals surface area contributed by atoms with E-state index in [0.717, 1.165) is 25.9 Å². The van der Waals surface area contributed by atoms with Gasteiger partial charge in [-0.1, -0.05) is 0 Å². The average Bonchev–Trinajstić information content (AvgIpc) is 2.89. The summed E-state index contributed by atoms with van der Waals surface area (Å²) in [4.78, 5) is 7.96. The summed E-state index contributed by atoms with van der Waals surface area (Å²) in [5, 5.41) is 10.00. The zero-order valence-corrected chi connectivity index (χ0v) is 10.0. The van der Waals surface area contributed by atoms with Gasteiger partial charge in [-0.15, -0.1) is 0 Å². The van der Waals surface area contributed by atoms with Crippen LogP contribution in [0.15, 0.2) is 12.4 Å². The third kappa shape index (κ3) is 3.38. The molecule has 5 nitrogen and oxygen atoms in total. The number of hydrogen-bond acceptors (Lipinski definition) is 5. The Morgan fingerprint density at radius 1 is 1.59 bits per heavy atom. The van der Waals surface area contributed by atoms with Crippen LogP contribution in [-0.4, -0.2) is 34.9 Å². The van der Waals surface area contributed by atoms with Crippen LogP contribution in [0.2, 0.25) is 0 Å². The molecular weight excluding hydrogens is 220 g/mol. The van der Waals surface area contributed by atoms with Gasteiger partial charge in [-0.25, -0.2) is 9.97 Å². The number of methoxy groups -OCH3 is 1. The van der Waals surface area contributed by atoms with E-state index >= 15 is 0 Å². The van der Waals surface area contributed by atoms with Crippen LogP contribution in [-0.2, 0) is 4.74 Å². The van der Waals surface area contributed by atoms with E-state index in [9.17, 15) is 5.11 Å². The fourth-order valence-corrected chi connectivity index (χ4v) is 2.01. The van der Waals surface area contributed by atoms with Gasteiger partial charge in [0.1, 0.15) is 6.33 Å². The van der Waals surface area contributed by atoms with Crippen LogP contribution in [0.4, 0.5) is 0 Å². The third-order valence-electron chi connectivity index (χ3n) is 3.00. The molecule has 5 heteroatoms. The Morgan fingerprint density at radius 2 is 2.47 bits per heavy atom. The molecule has 0 amide bonds. The minimum absolute atomic E-state index is 0.299. The van der Waals surface area contributed by atoms with Gasteiger partial charge in [0, 0.05) is 12.7 Å². The molecule has 1 aromatic rings. The molecule has 0 radical (unpaired) electrons. The van der Waals surface area contributed by atoms with Gasteiger partial charge >= 0.3 is 0 Å². The van der Waals surface area contributed by atoms with E-state index in [-0.39, 0.29) is 0 Å². The number of aromatic nitrogens is 2. The number of aliphatic hydroxyl groups is 1. The molecule has 1 saturated heterocycles. The monoisotopic (exact) mass is 238 g/mol. The van der Waals surface area contributed by atoms with E-state index in [1.807, 2.05) is 0 Å². The zero-order valence-electron chi connectivity index (χ0n) is 10.0. The van der Waals surface area contributed by atoms with E-state index in [1.165, 1.54) is 6.33 Å². The molecule has 0 aliphatic carbocycles. The summed E-state index contributed by atoms with van der Waals surface area (Å²) in [5.41, 5.74) is 0.606. The number of hydrogen-bond donors (Lipinski definition) is 1. The summed E-state index contributed by atoms with van der Waals surface area (Å²) in [6.45, 7) is 0.849. The maximum absolute atomic E-state index is 10.00. The molecule has 2 heterocycles. The van der Waals surface area contributed by atoms with Crippen molar-refractivity contribution in [3.05, 3.63) is 18.1 Å². The smallest absolute Gasteiger partial charge is 0.216 e. The Labute approximate surface area is 101 Å². The molecule has 0 bridgehead atoms. The Bertz CT molecular complexity index is 353. The highest BCUT2D eigenvalue weighted by molar-refractivity contribution is 5.15. The van der Waals surface area contributed by atoms with Gasteiger partial charge in [-0.3, -0.25) is 0 Å². The van der Waals surface area contributed by atoms with Crippen molar-refractivity contribution >= 4 is 0 Å². The Hall–Kier alpha value is -1.20. The SMILES string of the molecule is COc1cc(C(O)CCC2CCCO2)ncn1. The van der Waals surface area contributed by atoms with Crippen molar-refractivity contribution in [2.24, 2.45) is 0 Å². The fourth-order valence-electron chi connectivity index (χ4n) is 2.01. The standard InChI is InChI=1S/C12H18N2O3/c1-16-12-7-10(13-8-14-12)11(15)5-4-9-3-2-6-17-9/h7-9,11,15H,2-6H2,1H3. The minimum atomic E-state index is -0.573. The van der Waals surface area contributed by atoms with Crippen LogP contribution < -0.4 is 4.74 Å². The number of aliphatic hydroxyl groups excluding tert-OH is 1. The predicted molar refractivity (Wildman–Crippen MR) is 61.8 cm³/mol. The topological polar surface area (TPSA) is 64.5 Å². The molecule has 0 spiro atoms. The molecule has 2 unspecified atom stereocenters. The van der Waals surface area contributed by atoms with Crippen molar-refractivity contribution in [2.75, 3.05) is 13.7 Å². The Balaban J connectivity index is 1.87. The molecule has 2 atom stereocenters. The highest BCUT2D eigenvalue weighted by atomic mass is 16.5. The molecule has 94 valence electrons. The third-order valence-corrected chi connectivity index (χ3v) is 3.00. The van der Waals surface area contributed by atoms with Crippen molar-refractivity contribution in [2.45, 2.75) is 37.9 Å². The van der Waals surface area contributed by atoms with Gasteiger partial charge in [0.25, 0.3) is 0 Å². The second-order valence-corrected chi connectivity index (χ2v) is 4.21. The largest absolute Gasteiger partial charge is 0.481 e.